The summed E-state index contributed by atoms with van der Waals surface area (Å²) in [5.41, 5.74) is 1.66. The molecule has 0 aliphatic carbocycles. The second kappa shape index (κ2) is 6.87. The summed E-state index contributed by atoms with van der Waals surface area (Å²) in [6.45, 7) is 3.03. The van der Waals surface area contributed by atoms with Crippen molar-refractivity contribution in [2.24, 2.45) is 5.92 Å². The first-order valence-corrected chi connectivity index (χ1v) is 7.12. The fourth-order valence-corrected chi connectivity index (χ4v) is 2.81. The summed E-state index contributed by atoms with van der Waals surface area (Å²) in [6.07, 6.45) is 3.54. The topological polar surface area (TPSA) is 54.0 Å². The summed E-state index contributed by atoms with van der Waals surface area (Å²) in [7, 11) is 0. The first-order chi connectivity index (χ1) is 9.74. The van der Waals surface area contributed by atoms with Gasteiger partial charge in [0.05, 0.1) is 11.2 Å². The molecular formula is C16H20ClN3O. The SMILES string of the molecule is C[C@H]1C[C@@H](C(=O)Nc2cccc3cccnc23)CCN1.Cl. The number of nitrogens with one attached hydrogen (secondary N) is 2. The molecule has 2 aromatic rings. The van der Waals surface area contributed by atoms with Crippen LogP contribution in [0.2, 0.25) is 0 Å². The van der Waals surface area contributed by atoms with Gasteiger partial charge < -0.3 is 10.6 Å². The van der Waals surface area contributed by atoms with E-state index in [9.17, 15) is 4.79 Å². The average Bonchev–Trinajstić information content (AvgIpc) is 2.47. The van der Waals surface area contributed by atoms with E-state index in [0.717, 1.165) is 36.0 Å². The second-order valence-corrected chi connectivity index (χ2v) is 5.45. The maximum atomic E-state index is 12.4. The normalized spacial score (nSPS) is 21.6. The Morgan fingerprint density at radius 2 is 2.14 bits per heavy atom. The van der Waals surface area contributed by atoms with E-state index in [1.165, 1.54) is 0 Å². The third-order valence-corrected chi connectivity index (χ3v) is 3.89. The molecule has 0 saturated carbocycles. The van der Waals surface area contributed by atoms with Crippen molar-refractivity contribution in [3.8, 4) is 0 Å². The maximum Gasteiger partial charge on any atom is 0.227 e. The van der Waals surface area contributed by atoms with Crippen molar-refractivity contribution in [3.63, 3.8) is 0 Å². The summed E-state index contributed by atoms with van der Waals surface area (Å²) < 4.78 is 0. The van der Waals surface area contributed by atoms with Crippen molar-refractivity contribution >= 4 is 34.9 Å². The predicted octanol–water partition coefficient (Wildman–Crippen LogP) is 2.98. The van der Waals surface area contributed by atoms with E-state index < -0.39 is 0 Å². The van der Waals surface area contributed by atoms with Gasteiger partial charge in [0.15, 0.2) is 0 Å². The molecule has 2 N–H and O–H groups in total. The first-order valence-electron chi connectivity index (χ1n) is 7.12. The van der Waals surface area contributed by atoms with Crippen LogP contribution in [0.4, 0.5) is 5.69 Å². The number of fused-ring (bicyclic) bond motifs is 1. The van der Waals surface area contributed by atoms with Crippen LogP contribution in [0.15, 0.2) is 36.5 Å². The van der Waals surface area contributed by atoms with Gasteiger partial charge in [-0.1, -0.05) is 18.2 Å². The molecule has 5 heteroatoms. The van der Waals surface area contributed by atoms with Crippen LogP contribution < -0.4 is 10.6 Å². The molecule has 0 radical (unpaired) electrons. The zero-order valence-corrected chi connectivity index (χ0v) is 12.8. The molecule has 1 amide bonds. The summed E-state index contributed by atoms with van der Waals surface area (Å²) >= 11 is 0. The number of carbonyl (C=O) groups excluding carboxylic acids is 1. The quantitative estimate of drug-likeness (QED) is 0.897. The molecule has 0 spiro atoms. The minimum absolute atomic E-state index is 0. The third-order valence-electron chi connectivity index (χ3n) is 3.89. The van der Waals surface area contributed by atoms with Gasteiger partial charge in [-0.25, -0.2) is 0 Å². The molecule has 1 aliphatic rings. The van der Waals surface area contributed by atoms with Crippen LogP contribution in [-0.4, -0.2) is 23.5 Å². The van der Waals surface area contributed by atoms with Crippen molar-refractivity contribution in [2.75, 3.05) is 11.9 Å². The van der Waals surface area contributed by atoms with Crippen molar-refractivity contribution in [1.29, 1.82) is 0 Å². The second-order valence-electron chi connectivity index (χ2n) is 5.45. The minimum atomic E-state index is 0. The molecule has 2 heterocycles. The van der Waals surface area contributed by atoms with Gasteiger partial charge in [-0.3, -0.25) is 9.78 Å². The summed E-state index contributed by atoms with van der Waals surface area (Å²) in [5.74, 6) is 0.196. The van der Waals surface area contributed by atoms with E-state index in [2.05, 4.69) is 22.5 Å². The zero-order chi connectivity index (χ0) is 13.9. The van der Waals surface area contributed by atoms with Crippen molar-refractivity contribution < 1.29 is 4.79 Å². The summed E-state index contributed by atoms with van der Waals surface area (Å²) in [6, 6.07) is 10.2. The van der Waals surface area contributed by atoms with E-state index >= 15 is 0 Å². The molecule has 0 unspecified atom stereocenters. The number of rotatable bonds is 2. The number of piperidine rings is 1. The number of aromatic nitrogens is 1. The lowest BCUT2D eigenvalue weighted by molar-refractivity contribution is -0.120. The average molecular weight is 306 g/mol. The molecule has 1 saturated heterocycles. The largest absolute Gasteiger partial charge is 0.324 e. The zero-order valence-electron chi connectivity index (χ0n) is 12.0. The number of halogens is 1. The molecule has 1 aliphatic heterocycles. The number of hydrogen-bond acceptors (Lipinski definition) is 3. The predicted molar refractivity (Wildman–Crippen MR) is 87.8 cm³/mol. The Morgan fingerprint density at radius 1 is 1.33 bits per heavy atom. The van der Waals surface area contributed by atoms with E-state index in [0.29, 0.717) is 6.04 Å². The van der Waals surface area contributed by atoms with Crippen LogP contribution in [0.3, 0.4) is 0 Å². The Morgan fingerprint density at radius 3 is 2.95 bits per heavy atom. The van der Waals surface area contributed by atoms with Crippen LogP contribution in [-0.2, 0) is 4.79 Å². The van der Waals surface area contributed by atoms with Gasteiger partial charge in [0, 0.05) is 23.5 Å². The number of amides is 1. The number of para-hydroxylation sites is 1. The molecule has 1 aromatic heterocycles. The molecule has 1 aromatic carbocycles. The van der Waals surface area contributed by atoms with Gasteiger partial charge in [-0.15, -0.1) is 12.4 Å². The smallest absolute Gasteiger partial charge is 0.227 e. The lowest BCUT2D eigenvalue weighted by atomic mass is 9.92. The minimum Gasteiger partial charge on any atom is -0.324 e. The van der Waals surface area contributed by atoms with E-state index in [1.807, 2.05) is 30.3 Å². The number of benzene rings is 1. The summed E-state index contributed by atoms with van der Waals surface area (Å²) in [5, 5.41) is 7.46. The van der Waals surface area contributed by atoms with Crippen LogP contribution in [0.1, 0.15) is 19.8 Å². The molecule has 112 valence electrons. The molecule has 4 nitrogen and oxygen atoms in total. The maximum absolute atomic E-state index is 12.4. The van der Waals surface area contributed by atoms with Crippen LogP contribution >= 0.6 is 12.4 Å². The molecule has 2 atom stereocenters. The van der Waals surface area contributed by atoms with E-state index in [1.54, 1.807) is 6.20 Å². The number of hydrogen-bond donors (Lipinski definition) is 2. The Hall–Kier alpha value is -1.65. The first kappa shape index (κ1) is 15.7. The number of nitrogens with zero attached hydrogens (tertiary/aromatic N) is 1. The molecule has 0 bridgehead atoms. The van der Waals surface area contributed by atoms with E-state index in [4.69, 9.17) is 0 Å². The lowest BCUT2D eigenvalue weighted by Gasteiger charge is -2.27. The Kier molecular flexibility index (Phi) is 5.15. The molecule has 21 heavy (non-hydrogen) atoms. The van der Waals surface area contributed by atoms with Crippen molar-refractivity contribution in [2.45, 2.75) is 25.8 Å². The highest BCUT2D eigenvalue weighted by atomic mass is 35.5. The highest BCUT2D eigenvalue weighted by Crippen LogP contribution is 2.23. The van der Waals surface area contributed by atoms with Crippen LogP contribution in [0.5, 0.6) is 0 Å². The van der Waals surface area contributed by atoms with Crippen LogP contribution in [0.25, 0.3) is 10.9 Å². The van der Waals surface area contributed by atoms with Gasteiger partial charge in [0.25, 0.3) is 0 Å². The molecule has 1 fully saturated rings. The molecular weight excluding hydrogens is 286 g/mol. The number of pyridine rings is 1. The fourth-order valence-electron chi connectivity index (χ4n) is 2.81. The van der Waals surface area contributed by atoms with Gasteiger partial charge in [-0.05, 0) is 38.4 Å². The monoisotopic (exact) mass is 305 g/mol. The van der Waals surface area contributed by atoms with Crippen molar-refractivity contribution in [1.82, 2.24) is 10.3 Å². The van der Waals surface area contributed by atoms with Gasteiger partial charge in [0.2, 0.25) is 5.91 Å². The highest BCUT2D eigenvalue weighted by Gasteiger charge is 2.25. The Labute approximate surface area is 130 Å². The standard InChI is InChI=1S/C16H19N3O.ClH/c1-11-10-13(7-9-17-11)16(20)19-14-6-2-4-12-5-3-8-18-15(12)14;/h2-6,8,11,13,17H,7,9-10H2,1H3,(H,19,20);1H/t11-,13-;/m0./s1. The highest BCUT2D eigenvalue weighted by molar-refractivity contribution is 6.01. The lowest BCUT2D eigenvalue weighted by Crippen LogP contribution is -2.40. The fraction of sp³-hybridized carbons (Fsp3) is 0.375. The Bertz CT molecular complexity index is 626. The van der Waals surface area contributed by atoms with Gasteiger partial charge in [0.1, 0.15) is 0 Å². The molecule has 3 rings (SSSR count). The van der Waals surface area contributed by atoms with E-state index in [-0.39, 0.29) is 24.2 Å². The number of anilines is 1. The third kappa shape index (κ3) is 3.52. The van der Waals surface area contributed by atoms with Gasteiger partial charge >= 0.3 is 0 Å². The van der Waals surface area contributed by atoms with Gasteiger partial charge in [-0.2, -0.15) is 0 Å². The van der Waals surface area contributed by atoms with Crippen molar-refractivity contribution in [3.05, 3.63) is 36.5 Å². The summed E-state index contributed by atoms with van der Waals surface area (Å²) in [4.78, 5) is 16.8. The van der Waals surface area contributed by atoms with Crippen LogP contribution in [0, 0.1) is 5.92 Å². The number of carbonyl (C=O) groups is 1. The Balaban J connectivity index is 0.00000161.